The summed E-state index contributed by atoms with van der Waals surface area (Å²) in [6.45, 7) is 4.19. The van der Waals surface area contributed by atoms with Crippen molar-refractivity contribution < 1.29 is 8.42 Å². The molecule has 0 spiro atoms. The zero-order chi connectivity index (χ0) is 15.6. The van der Waals surface area contributed by atoms with Gasteiger partial charge in [-0.25, -0.2) is 13.6 Å². The molecular formula is C15H19N3O2S. The van der Waals surface area contributed by atoms with Gasteiger partial charge in [0.05, 0.1) is 4.90 Å². The number of nitrogens with one attached hydrogen (secondary N) is 1. The Labute approximate surface area is 125 Å². The largest absolute Gasteiger partial charge is 0.399 e. The number of primary sulfonamides is 1. The monoisotopic (exact) mass is 305 g/mol. The minimum atomic E-state index is -3.79. The molecular weight excluding hydrogens is 286 g/mol. The van der Waals surface area contributed by atoms with Gasteiger partial charge in [-0.3, -0.25) is 0 Å². The van der Waals surface area contributed by atoms with Crippen LogP contribution >= 0.6 is 0 Å². The maximum absolute atomic E-state index is 11.5. The molecule has 2 aromatic carbocycles. The van der Waals surface area contributed by atoms with Gasteiger partial charge in [-0.2, -0.15) is 0 Å². The van der Waals surface area contributed by atoms with Gasteiger partial charge < -0.3 is 11.1 Å². The standard InChI is InChI=1S/C15H19N3O2S/c1-10(2)14-5-3-4-6-15(14)18-12-7-11(16)8-13(9-12)21(17,19)20/h3-10,18H,16H2,1-2H3,(H2,17,19,20). The molecule has 0 aliphatic carbocycles. The Kier molecular flexibility index (Phi) is 4.20. The summed E-state index contributed by atoms with van der Waals surface area (Å²) in [6, 6.07) is 12.3. The molecule has 0 atom stereocenters. The van der Waals surface area contributed by atoms with Crippen LogP contribution in [0.15, 0.2) is 47.4 Å². The lowest BCUT2D eigenvalue weighted by atomic mass is 10.0. The summed E-state index contributed by atoms with van der Waals surface area (Å²) in [7, 11) is -3.79. The van der Waals surface area contributed by atoms with Gasteiger partial charge in [-0.15, -0.1) is 0 Å². The molecule has 6 heteroatoms. The molecule has 0 aromatic heterocycles. The number of rotatable bonds is 4. The maximum Gasteiger partial charge on any atom is 0.238 e. The van der Waals surface area contributed by atoms with Crippen molar-refractivity contribution in [3.63, 3.8) is 0 Å². The molecule has 0 amide bonds. The lowest BCUT2D eigenvalue weighted by molar-refractivity contribution is 0.598. The Morgan fingerprint density at radius 2 is 1.76 bits per heavy atom. The van der Waals surface area contributed by atoms with Crippen LogP contribution in [0.4, 0.5) is 17.1 Å². The van der Waals surface area contributed by atoms with Crippen molar-refractivity contribution in [1.29, 1.82) is 0 Å². The maximum atomic E-state index is 11.5. The lowest BCUT2D eigenvalue weighted by Crippen LogP contribution is -2.13. The second kappa shape index (κ2) is 5.75. The second-order valence-electron chi connectivity index (χ2n) is 5.20. The third-order valence-electron chi connectivity index (χ3n) is 3.12. The lowest BCUT2D eigenvalue weighted by Gasteiger charge is -2.15. The van der Waals surface area contributed by atoms with Crippen molar-refractivity contribution in [3.8, 4) is 0 Å². The van der Waals surface area contributed by atoms with Crippen LogP contribution in [0.1, 0.15) is 25.3 Å². The van der Waals surface area contributed by atoms with Crippen LogP contribution in [0, 0.1) is 0 Å². The molecule has 2 aromatic rings. The van der Waals surface area contributed by atoms with E-state index in [1.807, 2.05) is 24.3 Å². The summed E-state index contributed by atoms with van der Waals surface area (Å²) >= 11 is 0. The molecule has 0 aliphatic heterocycles. The number of hydrogen-bond donors (Lipinski definition) is 3. The van der Waals surface area contributed by atoms with Crippen molar-refractivity contribution in [1.82, 2.24) is 0 Å². The van der Waals surface area contributed by atoms with Crippen LogP contribution in [0.25, 0.3) is 0 Å². The SMILES string of the molecule is CC(C)c1ccccc1Nc1cc(N)cc(S(N)(=O)=O)c1. The van der Waals surface area contributed by atoms with E-state index in [-0.39, 0.29) is 4.90 Å². The highest BCUT2D eigenvalue weighted by molar-refractivity contribution is 7.89. The molecule has 0 fully saturated rings. The molecule has 112 valence electrons. The molecule has 0 radical (unpaired) electrons. The van der Waals surface area contributed by atoms with Crippen molar-refractivity contribution >= 4 is 27.1 Å². The quantitative estimate of drug-likeness (QED) is 0.756. The summed E-state index contributed by atoms with van der Waals surface area (Å²) in [6.07, 6.45) is 0. The van der Waals surface area contributed by atoms with Gasteiger partial charge in [-0.05, 0) is 35.7 Å². The van der Waals surface area contributed by atoms with Gasteiger partial charge in [0.25, 0.3) is 0 Å². The van der Waals surface area contributed by atoms with E-state index >= 15 is 0 Å². The van der Waals surface area contributed by atoms with Crippen LogP contribution in [0.2, 0.25) is 0 Å². The van der Waals surface area contributed by atoms with E-state index in [1.54, 1.807) is 6.07 Å². The molecule has 0 saturated carbocycles. The number of hydrogen-bond acceptors (Lipinski definition) is 4. The molecule has 5 nitrogen and oxygen atoms in total. The van der Waals surface area contributed by atoms with Gasteiger partial charge in [0.2, 0.25) is 10.0 Å². The zero-order valence-corrected chi connectivity index (χ0v) is 12.8. The number of benzene rings is 2. The van der Waals surface area contributed by atoms with Gasteiger partial charge in [0.1, 0.15) is 0 Å². The Balaban J connectivity index is 2.43. The van der Waals surface area contributed by atoms with Crippen molar-refractivity contribution in [3.05, 3.63) is 48.0 Å². The third kappa shape index (κ3) is 3.74. The van der Waals surface area contributed by atoms with E-state index in [0.717, 1.165) is 11.3 Å². The fraction of sp³-hybridized carbons (Fsp3) is 0.200. The average Bonchev–Trinajstić information content (AvgIpc) is 2.37. The smallest absolute Gasteiger partial charge is 0.238 e. The first kappa shape index (κ1) is 15.3. The van der Waals surface area contributed by atoms with Crippen LogP contribution in [0.5, 0.6) is 0 Å². The average molecular weight is 305 g/mol. The molecule has 21 heavy (non-hydrogen) atoms. The Morgan fingerprint density at radius 1 is 1.10 bits per heavy atom. The van der Waals surface area contributed by atoms with E-state index in [9.17, 15) is 8.42 Å². The minimum Gasteiger partial charge on any atom is -0.399 e. The molecule has 0 heterocycles. The topological polar surface area (TPSA) is 98.2 Å². The molecule has 2 rings (SSSR count). The number of sulfonamides is 1. The minimum absolute atomic E-state index is 0.00738. The highest BCUT2D eigenvalue weighted by atomic mass is 32.2. The molecule has 0 saturated heterocycles. The molecule has 5 N–H and O–H groups in total. The number of anilines is 3. The fourth-order valence-corrected chi connectivity index (χ4v) is 2.72. The summed E-state index contributed by atoms with van der Waals surface area (Å²) in [5.41, 5.74) is 8.73. The Hall–Kier alpha value is -2.05. The van der Waals surface area contributed by atoms with Crippen molar-refractivity contribution in [2.45, 2.75) is 24.7 Å². The van der Waals surface area contributed by atoms with Crippen LogP contribution in [0.3, 0.4) is 0 Å². The van der Waals surface area contributed by atoms with Gasteiger partial charge >= 0.3 is 0 Å². The Bertz CT molecular complexity index is 755. The number of nitrogen functional groups attached to an aromatic ring is 1. The van der Waals surface area contributed by atoms with Gasteiger partial charge in [-0.1, -0.05) is 32.0 Å². The predicted molar refractivity (Wildman–Crippen MR) is 86.0 cm³/mol. The van der Waals surface area contributed by atoms with Gasteiger partial charge in [0.15, 0.2) is 0 Å². The number of para-hydroxylation sites is 1. The Morgan fingerprint density at radius 3 is 2.38 bits per heavy atom. The zero-order valence-electron chi connectivity index (χ0n) is 12.0. The molecule has 0 aliphatic rings. The number of nitrogens with two attached hydrogens (primary N) is 2. The van der Waals surface area contributed by atoms with E-state index in [0.29, 0.717) is 17.3 Å². The van der Waals surface area contributed by atoms with E-state index in [4.69, 9.17) is 10.9 Å². The highest BCUT2D eigenvalue weighted by Crippen LogP contribution is 2.28. The fourth-order valence-electron chi connectivity index (χ4n) is 2.13. The third-order valence-corrected chi connectivity index (χ3v) is 4.01. The van der Waals surface area contributed by atoms with Crippen molar-refractivity contribution in [2.75, 3.05) is 11.1 Å². The molecule has 0 unspecified atom stereocenters. The summed E-state index contributed by atoms with van der Waals surface area (Å²) < 4.78 is 22.9. The van der Waals surface area contributed by atoms with Crippen LogP contribution in [-0.2, 0) is 10.0 Å². The second-order valence-corrected chi connectivity index (χ2v) is 6.76. The first-order valence-corrected chi connectivity index (χ1v) is 8.11. The highest BCUT2D eigenvalue weighted by Gasteiger charge is 2.11. The summed E-state index contributed by atoms with van der Waals surface area (Å²) in [5, 5.41) is 8.36. The summed E-state index contributed by atoms with van der Waals surface area (Å²) in [5.74, 6) is 0.340. The first-order valence-electron chi connectivity index (χ1n) is 6.56. The van der Waals surface area contributed by atoms with E-state index in [2.05, 4.69) is 19.2 Å². The van der Waals surface area contributed by atoms with Crippen LogP contribution in [-0.4, -0.2) is 8.42 Å². The van der Waals surface area contributed by atoms with E-state index in [1.165, 1.54) is 12.1 Å². The van der Waals surface area contributed by atoms with Gasteiger partial charge in [0, 0.05) is 17.1 Å². The predicted octanol–water partition coefficient (Wildman–Crippen LogP) is 2.78. The first-order chi connectivity index (χ1) is 9.77. The van der Waals surface area contributed by atoms with E-state index < -0.39 is 10.0 Å². The van der Waals surface area contributed by atoms with Crippen molar-refractivity contribution in [2.24, 2.45) is 5.14 Å². The van der Waals surface area contributed by atoms with Crippen LogP contribution < -0.4 is 16.2 Å². The normalized spacial score (nSPS) is 11.6. The molecule has 0 bridgehead atoms. The summed E-state index contributed by atoms with van der Waals surface area (Å²) in [4.78, 5) is -0.00738.